The zero-order chi connectivity index (χ0) is 23.4. The molecule has 0 N–H and O–H groups in total. The predicted molar refractivity (Wildman–Crippen MR) is 80.0 cm³/mol. The van der Waals surface area contributed by atoms with Gasteiger partial charge in [0.1, 0.15) is 0 Å². The average Bonchev–Trinajstić information content (AvgIpc) is 2.74. The van der Waals surface area contributed by atoms with Crippen molar-refractivity contribution >= 4 is 27.7 Å². The molecule has 0 amide bonds. The fourth-order valence-corrected chi connectivity index (χ4v) is 6.91. The molecule has 0 fully saturated rings. The van der Waals surface area contributed by atoms with Crippen LogP contribution in [0.5, 0.6) is 0 Å². The van der Waals surface area contributed by atoms with Crippen LogP contribution in [0.3, 0.4) is 0 Å². The summed E-state index contributed by atoms with van der Waals surface area (Å²) in [7, 11) is 0. The molecule has 3 aromatic rings. The van der Waals surface area contributed by atoms with Gasteiger partial charge >= 0.3 is 225 Å². The van der Waals surface area contributed by atoms with Gasteiger partial charge in [-0.05, 0) is 0 Å². The van der Waals surface area contributed by atoms with Crippen molar-refractivity contribution in [3.8, 4) is 0 Å². The predicted octanol–water partition coefficient (Wildman–Crippen LogP) is -5.72. The van der Waals surface area contributed by atoms with E-state index in [4.69, 9.17) is 0 Å². The number of hydrogen-bond donors (Lipinski definition) is 0. The van der Waals surface area contributed by atoms with Gasteiger partial charge in [0.25, 0.3) is 0 Å². The molecule has 0 spiro atoms. The molecule has 0 unspecified atom stereocenters. The van der Waals surface area contributed by atoms with Crippen LogP contribution in [0, 0.1) is 88.0 Å². The van der Waals surface area contributed by atoms with Gasteiger partial charge in [0.15, 0.2) is 0 Å². The van der Waals surface area contributed by atoms with Crippen LogP contribution in [-0.2, 0) is 0 Å². The number of halogens is 12. The van der Waals surface area contributed by atoms with Crippen molar-refractivity contribution in [2.45, 2.75) is 0 Å². The fraction of sp³-hybridized carbons (Fsp3) is 0. The van der Waals surface area contributed by atoms with Crippen molar-refractivity contribution in [3.63, 3.8) is 0 Å². The molecule has 0 aliphatic heterocycles. The summed E-state index contributed by atoms with van der Waals surface area (Å²) >= 11 is -4.98. The molecule has 0 bridgehead atoms. The average molecular weight is 540 g/mol. The monoisotopic (exact) mass is 540 g/mol. The van der Waals surface area contributed by atoms with E-state index in [1.807, 2.05) is 0 Å². The van der Waals surface area contributed by atoms with Crippen molar-refractivity contribution in [2.24, 2.45) is 0 Å². The van der Waals surface area contributed by atoms with E-state index >= 15 is 0 Å². The van der Waals surface area contributed by atoms with E-state index in [9.17, 15) is 52.7 Å². The minimum Gasteiger partial charge on any atom is 1.00 e. The largest absolute Gasteiger partial charge is 1.00 e. The van der Waals surface area contributed by atoms with Gasteiger partial charge < -0.3 is 0 Å². The van der Waals surface area contributed by atoms with Crippen LogP contribution in [-0.4, -0.2) is 14.7 Å². The SMILES string of the molecule is Fc1[c-]c([As](c2[c-]c(F)c(F)c(F)c2F)c2[c-]c(F)c(F)c(F)c2F)c(F)c(F)c1F.[Li+].[Li+].[Li+]. The summed E-state index contributed by atoms with van der Waals surface area (Å²) in [6, 6.07) is 3.60. The van der Waals surface area contributed by atoms with Gasteiger partial charge in [-0.15, -0.1) is 0 Å². The van der Waals surface area contributed by atoms with Crippen molar-refractivity contribution in [3.05, 3.63) is 88.0 Å². The summed E-state index contributed by atoms with van der Waals surface area (Å²) in [6.45, 7) is 0. The number of benzene rings is 3. The zero-order valence-corrected chi connectivity index (χ0v) is 18.9. The van der Waals surface area contributed by atoms with E-state index in [2.05, 4.69) is 0 Å². The van der Waals surface area contributed by atoms with Gasteiger partial charge in [-0.3, -0.25) is 0 Å². The Balaban J connectivity index is 0.00000363. The quantitative estimate of drug-likeness (QED) is 0.102. The van der Waals surface area contributed by atoms with E-state index in [1.165, 1.54) is 18.2 Å². The fourth-order valence-electron chi connectivity index (χ4n) is 2.33. The molecule has 0 saturated heterocycles. The van der Waals surface area contributed by atoms with Crippen LogP contribution >= 0.6 is 0 Å². The Morgan fingerprint density at radius 2 is 0.529 bits per heavy atom. The van der Waals surface area contributed by atoms with Gasteiger partial charge in [-0.25, -0.2) is 0 Å². The van der Waals surface area contributed by atoms with Gasteiger partial charge in [0.05, 0.1) is 0 Å². The number of rotatable bonds is 3. The molecule has 34 heavy (non-hydrogen) atoms. The molecule has 0 aliphatic rings. The minimum atomic E-state index is -4.98. The van der Waals surface area contributed by atoms with Gasteiger partial charge in [-0.1, -0.05) is 0 Å². The van der Waals surface area contributed by atoms with Gasteiger partial charge in [-0.2, -0.15) is 0 Å². The third kappa shape index (κ3) is 5.60. The molecular weight excluding hydrogens is 540 g/mol. The second kappa shape index (κ2) is 12.4. The number of hydrogen-bond acceptors (Lipinski definition) is 0. The molecule has 0 nitrogen and oxygen atoms in total. The smallest absolute Gasteiger partial charge is 1.00 e. The van der Waals surface area contributed by atoms with Crippen molar-refractivity contribution in [2.75, 3.05) is 0 Å². The molecule has 0 atom stereocenters. The Labute approximate surface area is 223 Å². The summed E-state index contributed by atoms with van der Waals surface area (Å²) in [5.41, 5.74) is 0. The molecule has 0 heterocycles. The second-order valence-corrected chi connectivity index (χ2v) is 9.75. The maximum Gasteiger partial charge on any atom is 1.00 e. The molecular formula is C18AsF12Li3. The first-order valence-electron chi connectivity index (χ1n) is 7.44. The first-order chi connectivity index (χ1) is 14.4. The van der Waals surface area contributed by atoms with Crippen LogP contribution in [0.4, 0.5) is 52.7 Å². The Hall–Kier alpha value is -0.829. The maximum atomic E-state index is 14.3. The molecule has 0 aromatic heterocycles. The molecule has 16 heteroatoms. The summed E-state index contributed by atoms with van der Waals surface area (Å²) in [5.74, 6) is -29.1. The second-order valence-electron chi connectivity index (χ2n) is 5.52. The topological polar surface area (TPSA) is 0 Å². The Morgan fingerprint density at radius 3 is 0.735 bits per heavy atom. The molecule has 0 saturated carbocycles. The maximum absolute atomic E-state index is 14.3. The van der Waals surface area contributed by atoms with E-state index in [0.29, 0.717) is 0 Å². The van der Waals surface area contributed by atoms with E-state index < -0.39 is 97.5 Å². The van der Waals surface area contributed by atoms with Gasteiger partial charge in [0.2, 0.25) is 0 Å². The van der Waals surface area contributed by atoms with E-state index in [-0.39, 0.29) is 56.6 Å². The Kier molecular flexibility index (Phi) is 12.1. The Morgan fingerprint density at radius 1 is 0.324 bits per heavy atom. The molecule has 0 aliphatic carbocycles. The first kappa shape index (κ1) is 33.2. The van der Waals surface area contributed by atoms with Crippen LogP contribution in [0.1, 0.15) is 0 Å². The summed E-state index contributed by atoms with van der Waals surface area (Å²) in [4.78, 5) is 0. The summed E-state index contributed by atoms with van der Waals surface area (Å²) in [6.07, 6.45) is 0. The van der Waals surface area contributed by atoms with Gasteiger partial charge in [0, 0.05) is 0 Å². The van der Waals surface area contributed by atoms with Crippen LogP contribution in [0.25, 0.3) is 0 Å². The van der Waals surface area contributed by atoms with Crippen molar-refractivity contribution < 1.29 is 109 Å². The summed E-state index contributed by atoms with van der Waals surface area (Å²) in [5, 5.41) is 0. The van der Waals surface area contributed by atoms with Crippen molar-refractivity contribution in [1.82, 2.24) is 0 Å². The van der Waals surface area contributed by atoms with Crippen molar-refractivity contribution in [1.29, 1.82) is 0 Å². The van der Waals surface area contributed by atoms with E-state index in [1.54, 1.807) is 0 Å². The van der Waals surface area contributed by atoms with Crippen LogP contribution in [0.15, 0.2) is 0 Å². The minimum absolute atomic E-state index is 0. The third-order valence-corrected chi connectivity index (χ3v) is 8.47. The third-order valence-electron chi connectivity index (χ3n) is 3.71. The normalized spacial score (nSPS) is 10.5. The van der Waals surface area contributed by atoms with Crippen LogP contribution < -0.4 is 69.6 Å². The first-order valence-corrected chi connectivity index (χ1v) is 10.3. The molecule has 3 rings (SSSR count). The molecule has 0 radical (unpaired) electrons. The Bertz CT molecular complexity index is 1090. The molecule has 3 aromatic carbocycles. The van der Waals surface area contributed by atoms with E-state index in [0.717, 1.165) is 0 Å². The molecule has 164 valence electrons. The van der Waals surface area contributed by atoms with Crippen LogP contribution in [0.2, 0.25) is 0 Å². The standard InChI is InChI=1S/C18AsF12.3Li/c20-7-1-4(10(23)16(29)13(7)26)19(5-2-8(21)14(27)17(30)11(5)24)6-3-9(22)15(28)18(31)12(6)25;;;/q-3;3*+1. The summed E-state index contributed by atoms with van der Waals surface area (Å²) < 4.78 is 160. The zero-order valence-electron chi connectivity index (χ0n) is 17.0.